The molecule has 0 fully saturated rings. The lowest BCUT2D eigenvalue weighted by molar-refractivity contribution is -0.121. The fraction of sp³-hybridized carbons (Fsp3) is 0.389. The predicted molar refractivity (Wildman–Crippen MR) is 95.3 cm³/mol. The fourth-order valence-corrected chi connectivity index (χ4v) is 3.89. The van der Waals surface area contributed by atoms with E-state index >= 15 is 0 Å². The Balaban J connectivity index is 1.63. The standard InChI is InChI=1S/C18H21N3O2S/c1-3-14-8-17(23)21-15(11-24-18(21)20-14)9-16(22)19-10-13-6-4-12(2)5-7-13/h4-8,15H,3,9-11H2,1-2H3,(H,19,22)/t15-/m0/s1. The lowest BCUT2D eigenvalue weighted by atomic mass is 10.1. The van der Waals surface area contributed by atoms with Crippen molar-refractivity contribution in [3.63, 3.8) is 0 Å². The molecule has 3 rings (SSSR count). The van der Waals surface area contributed by atoms with Crippen molar-refractivity contribution in [1.82, 2.24) is 14.9 Å². The third kappa shape index (κ3) is 3.70. The summed E-state index contributed by atoms with van der Waals surface area (Å²) in [6.07, 6.45) is 1.05. The van der Waals surface area contributed by atoms with Crippen molar-refractivity contribution >= 4 is 17.7 Å². The molecule has 1 aliphatic heterocycles. The van der Waals surface area contributed by atoms with Gasteiger partial charge in [0, 0.05) is 30.5 Å². The molecular formula is C18H21N3O2S. The summed E-state index contributed by atoms with van der Waals surface area (Å²) < 4.78 is 1.66. The molecule has 2 heterocycles. The molecule has 1 aromatic heterocycles. The highest BCUT2D eigenvalue weighted by molar-refractivity contribution is 7.99. The third-order valence-electron chi connectivity index (χ3n) is 4.14. The van der Waals surface area contributed by atoms with E-state index in [9.17, 15) is 9.59 Å². The van der Waals surface area contributed by atoms with Crippen molar-refractivity contribution in [3.05, 3.63) is 57.5 Å². The summed E-state index contributed by atoms with van der Waals surface area (Å²) in [5, 5.41) is 3.67. The highest BCUT2D eigenvalue weighted by Crippen LogP contribution is 2.31. The van der Waals surface area contributed by atoms with Crippen molar-refractivity contribution in [1.29, 1.82) is 0 Å². The Hall–Kier alpha value is -2.08. The van der Waals surface area contributed by atoms with E-state index in [-0.39, 0.29) is 17.5 Å². The van der Waals surface area contributed by atoms with Crippen molar-refractivity contribution < 1.29 is 4.79 Å². The van der Waals surface area contributed by atoms with Crippen molar-refractivity contribution in [2.45, 2.75) is 44.4 Å². The average molecular weight is 343 g/mol. The molecule has 1 N–H and O–H groups in total. The number of hydrogen-bond acceptors (Lipinski definition) is 4. The maximum Gasteiger partial charge on any atom is 0.254 e. The number of hydrogen-bond donors (Lipinski definition) is 1. The molecule has 1 atom stereocenters. The number of aryl methyl sites for hydroxylation is 2. The van der Waals surface area contributed by atoms with Gasteiger partial charge in [-0.3, -0.25) is 14.2 Å². The van der Waals surface area contributed by atoms with Gasteiger partial charge in [0.05, 0.1) is 6.04 Å². The molecular weight excluding hydrogens is 322 g/mol. The van der Waals surface area contributed by atoms with Crippen LogP contribution < -0.4 is 10.9 Å². The monoisotopic (exact) mass is 343 g/mol. The van der Waals surface area contributed by atoms with Crippen molar-refractivity contribution in [3.8, 4) is 0 Å². The Morgan fingerprint density at radius 2 is 2.12 bits per heavy atom. The van der Waals surface area contributed by atoms with Crippen molar-refractivity contribution in [2.24, 2.45) is 0 Å². The van der Waals surface area contributed by atoms with E-state index in [1.165, 1.54) is 5.56 Å². The van der Waals surface area contributed by atoms with E-state index in [1.807, 2.05) is 38.1 Å². The van der Waals surface area contributed by atoms with Gasteiger partial charge in [-0.05, 0) is 18.9 Å². The minimum Gasteiger partial charge on any atom is -0.352 e. The van der Waals surface area contributed by atoms with Crippen LogP contribution in [-0.2, 0) is 17.8 Å². The van der Waals surface area contributed by atoms with Gasteiger partial charge in [0.2, 0.25) is 5.91 Å². The summed E-state index contributed by atoms with van der Waals surface area (Å²) in [5.74, 6) is 0.674. The fourth-order valence-electron chi connectivity index (χ4n) is 2.72. The van der Waals surface area contributed by atoms with Crippen LogP contribution in [0, 0.1) is 6.92 Å². The van der Waals surface area contributed by atoms with E-state index in [0.717, 1.165) is 22.8 Å². The van der Waals surface area contributed by atoms with E-state index in [2.05, 4.69) is 10.3 Å². The molecule has 1 amide bonds. The highest BCUT2D eigenvalue weighted by Gasteiger charge is 2.27. The normalized spacial score (nSPS) is 16.0. The number of fused-ring (bicyclic) bond motifs is 1. The Bertz CT molecular complexity index is 799. The Morgan fingerprint density at radius 1 is 1.38 bits per heavy atom. The van der Waals surface area contributed by atoms with E-state index in [4.69, 9.17) is 0 Å². The Labute approximate surface area is 145 Å². The van der Waals surface area contributed by atoms with Gasteiger partial charge in [-0.25, -0.2) is 4.98 Å². The molecule has 0 saturated carbocycles. The Kier molecular flexibility index (Phi) is 5.04. The topological polar surface area (TPSA) is 64.0 Å². The molecule has 0 bridgehead atoms. The molecule has 126 valence electrons. The number of nitrogens with one attached hydrogen (secondary N) is 1. The molecule has 0 aliphatic carbocycles. The lowest BCUT2D eigenvalue weighted by Crippen LogP contribution is -2.30. The first kappa shape index (κ1) is 16.8. The molecule has 0 radical (unpaired) electrons. The van der Waals surface area contributed by atoms with E-state index < -0.39 is 0 Å². The van der Waals surface area contributed by atoms with Crippen LogP contribution >= 0.6 is 11.8 Å². The molecule has 1 aromatic carbocycles. The van der Waals surface area contributed by atoms with E-state index in [0.29, 0.717) is 18.7 Å². The zero-order valence-corrected chi connectivity index (χ0v) is 14.7. The van der Waals surface area contributed by atoms with Crippen LogP contribution in [0.1, 0.15) is 36.2 Å². The number of thioether (sulfide) groups is 1. The quantitative estimate of drug-likeness (QED) is 0.847. The molecule has 24 heavy (non-hydrogen) atoms. The second-order valence-electron chi connectivity index (χ2n) is 6.02. The molecule has 6 heteroatoms. The van der Waals surface area contributed by atoms with Gasteiger partial charge in [0.1, 0.15) is 0 Å². The van der Waals surface area contributed by atoms with Crippen LogP contribution in [0.4, 0.5) is 0 Å². The third-order valence-corrected chi connectivity index (χ3v) is 5.23. The number of amides is 1. The first-order chi connectivity index (χ1) is 11.6. The Morgan fingerprint density at radius 3 is 2.83 bits per heavy atom. The first-order valence-electron chi connectivity index (χ1n) is 8.14. The zero-order chi connectivity index (χ0) is 17.1. The summed E-state index contributed by atoms with van der Waals surface area (Å²) in [7, 11) is 0. The predicted octanol–water partition coefficient (Wildman–Crippen LogP) is 2.47. The maximum atomic E-state index is 12.3. The van der Waals surface area contributed by atoms with Crippen LogP contribution in [0.2, 0.25) is 0 Å². The number of carbonyl (C=O) groups is 1. The summed E-state index contributed by atoms with van der Waals surface area (Å²) in [4.78, 5) is 29.0. The number of carbonyl (C=O) groups excluding carboxylic acids is 1. The van der Waals surface area contributed by atoms with Crippen LogP contribution in [0.25, 0.3) is 0 Å². The van der Waals surface area contributed by atoms with Gasteiger partial charge >= 0.3 is 0 Å². The number of benzene rings is 1. The second kappa shape index (κ2) is 7.21. The van der Waals surface area contributed by atoms with Crippen LogP contribution in [0.15, 0.2) is 40.3 Å². The van der Waals surface area contributed by atoms with Gasteiger partial charge in [-0.15, -0.1) is 0 Å². The number of nitrogens with zero attached hydrogens (tertiary/aromatic N) is 2. The first-order valence-corrected chi connectivity index (χ1v) is 9.13. The van der Waals surface area contributed by atoms with Crippen LogP contribution in [-0.4, -0.2) is 21.2 Å². The zero-order valence-electron chi connectivity index (χ0n) is 13.9. The minimum absolute atomic E-state index is 0.0412. The summed E-state index contributed by atoms with van der Waals surface area (Å²) in [6, 6.07) is 9.54. The molecule has 1 aliphatic rings. The molecule has 2 aromatic rings. The maximum absolute atomic E-state index is 12.3. The van der Waals surface area contributed by atoms with Crippen LogP contribution in [0.5, 0.6) is 0 Å². The van der Waals surface area contributed by atoms with Gasteiger partial charge in [0.15, 0.2) is 5.16 Å². The average Bonchev–Trinajstić information content (AvgIpc) is 2.97. The SMILES string of the molecule is CCc1cc(=O)n2c(n1)SC[C@@H]2CC(=O)NCc1ccc(C)cc1. The molecule has 0 spiro atoms. The lowest BCUT2D eigenvalue weighted by Gasteiger charge is -2.13. The molecule has 5 nitrogen and oxygen atoms in total. The summed E-state index contributed by atoms with van der Waals surface area (Å²) in [5.41, 5.74) is 3.02. The van der Waals surface area contributed by atoms with Gasteiger partial charge < -0.3 is 5.32 Å². The van der Waals surface area contributed by atoms with Crippen LogP contribution in [0.3, 0.4) is 0 Å². The van der Waals surface area contributed by atoms with E-state index in [1.54, 1.807) is 22.4 Å². The van der Waals surface area contributed by atoms with Gasteiger partial charge in [-0.1, -0.05) is 48.5 Å². The largest absolute Gasteiger partial charge is 0.352 e. The highest BCUT2D eigenvalue weighted by atomic mass is 32.2. The smallest absolute Gasteiger partial charge is 0.254 e. The number of aromatic nitrogens is 2. The summed E-state index contributed by atoms with van der Waals surface area (Å²) >= 11 is 1.55. The molecule has 0 saturated heterocycles. The van der Waals surface area contributed by atoms with Crippen molar-refractivity contribution in [2.75, 3.05) is 5.75 Å². The number of rotatable bonds is 5. The van der Waals surface area contributed by atoms with Gasteiger partial charge in [0.25, 0.3) is 5.56 Å². The second-order valence-corrected chi connectivity index (χ2v) is 7.01. The molecule has 0 unspecified atom stereocenters. The minimum atomic E-state index is -0.117. The van der Waals surface area contributed by atoms with Gasteiger partial charge in [-0.2, -0.15) is 0 Å². The summed E-state index contributed by atoms with van der Waals surface area (Å²) in [6.45, 7) is 4.52.